The average molecular weight is 276 g/mol. The van der Waals surface area contributed by atoms with Gasteiger partial charge in [-0.25, -0.2) is 0 Å². The first kappa shape index (κ1) is 15.7. The predicted octanol–water partition coefficient (Wildman–Crippen LogP) is 4.26. The molecule has 2 rings (SSSR count). The summed E-state index contributed by atoms with van der Waals surface area (Å²) in [6, 6.07) is 20.0. The summed E-state index contributed by atoms with van der Waals surface area (Å²) in [5.74, 6) is 0. The van der Waals surface area contributed by atoms with E-state index in [1.54, 1.807) is 0 Å². The van der Waals surface area contributed by atoms with Crippen molar-refractivity contribution in [2.45, 2.75) is 19.4 Å². The van der Waals surface area contributed by atoms with Crippen molar-refractivity contribution >= 4 is 12.4 Å². The summed E-state index contributed by atoms with van der Waals surface area (Å²) < 4.78 is 0. The molecule has 0 saturated heterocycles. The van der Waals surface area contributed by atoms with Gasteiger partial charge in [0.05, 0.1) is 0 Å². The maximum atomic E-state index is 2.29. The maximum absolute atomic E-state index is 2.29. The number of likely N-dealkylation sites (N-methyl/N-ethyl adjacent to an activating group) is 1. The normalized spacial score (nSPS) is 12.0. The van der Waals surface area contributed by atoms with E-state index < -0.39 is 0 Å². The highest BCUT2D eigenvalue weighted by atomic mass is 35.5. The van der Waals surface area contributed by atoms with Crippen LogP contribution < -0.4 is 0 Å². The largest absolute Gasteiger partial charge is 0.302 e. The molecular weight excluding hydrogens is 254 g/mol. The molecule has 0 aromatic heterocycles. The molecule has 1 atom stereocenters. The first-order chi connectivity index (χ1) is 8.66. The Hall–Kier alpha value is -1.31. The third kappa shape index (κ3) is 4.38. The number of nitrogens with zero attached hydrogens (tertiary/aromatic N) is 1. The standard InChI is InChI=1S/C17H21N.ClH/c1-14-9-11-16(12-10-14)17(18(2)3)13-15-7-5-4-6-8-15;/h4-12,17H,13H2,1-3H3;1H. The highest BCUT2D eigenvalue weighted by molar-refractivity contribution is 5.85. The third-order valence-corrected chi connectivity index (χ3v) is 3.36. The van der Waals surface area contributed by atoms with Gasteiger partial charge < -0.3 is 4.90 Å². The number of halogens is 1. The van der Waals surface area contributed by atoms with E-state index in [2.05, 4.69) is 80.5 Å². The van der Waals surface area contributed by atoms with Crippen LogP contribution in [-0.2, 0) is 6.42 Å². The average Bonchev–Trinajstić information content (AvgIpc) is 2.38. The van der Waals surface area contributed by atoms with Gasteiger partial charge in [0.15, 0.2) is 0 Å². The van der Waals surface area contributed by atoms with Crippen molar-refractivity contribution in [2.24, 2.45) is 0 Å². The Bertz CT molecular complexity index is 476. The molecule has 0 N–H and O–H groups in total. The summed E-state index contributed by atoms with van der Waals surface area (Å²) in [6.07, 6.45) is 1.05. The molecule has 0 aliphatic rings. The van der Waals surface area contributed by atoms with Gasteiger partial charge in [0.2, 0.25) is 0 Å². The van der Waals surface area contributed by atoms with E-state index in [4.69, 9.17) is 0 Å². The van der Waals surface area contributed by atoms with E-state index in [1.807, 2.05) is 0 Å². The number of aryl methyl sites for hydroxylation is 1. The fourth-order valence-electron chi connectivity index (χ4n) is 2.22. The molecule has 0 bridgehead atoms. The van der Waals surface area contributed by atoms with E-state index in [9.17, 15) is 0 Å². The highest BCUT2D eigenvalue weighted by Crippen LogP contribution is 2.23. The first-order valence-electron chi connectivity index (χ1n) is 6.44. The van der Waals surface area contributed by atoms with Crippen molar-refractivity contribution in [3.8, 4) is 0 Å². The van der Waals surface area contributed by atoms with E-state index >= 15 is 0 Å². The van der Waals surface area contributed by atoms with Crippen molar-refractivity contribution < 1.29 is 0 Å². The second-order valence-corrected chi connectivity index (χ2v) is 5.08. The smallest absolute Gasteiger partial charge is 0.0382 e. The van der Waals surface area contributed by atoms with Crippen LogP contribution in [0.5, 0.6) is 0 Å². The van der Waals surface area contributed by atoms with Crippen molar-refractivity contribution in [3.05, 3.63) is 71.3 Å². The molecule has 0 amide bonds. The Kier molecular flexibility index (Phi) is 6.07. The fraction of sp³-hybridized carbons (Fsp3) is 0.294. The summed E-state index contributed by atoms with van der Waals surface area (Å²) in [5.41, 5.74) is 4.09. The Morgan fingerprint density at radius 2 is 1.47 bits per heavy atom. The first-order valence-corrected chi connectivity index (χ1v) is 6.44. The summed E-state index contributed by atoms with van der Waals surface area (Å²) in [5, 5.41) is 0. The van der Waals surface area contributed by atoms with Crippen molar-refractivity contribution in [1.82, 2.24) is 4.90 Å². The predicted molar refractivity (Wildman–Crippen MR) is 85.0 cm³/mol. The molecule has 102 valence electrons. The third-order valence-electron chi connectivity index (χ3n) is 3.36. The van der Waals surface area contributed by atoms with Crippen molar-refractivity contribution in [3.63, 3.8) is 0 Å². The molecule has 0 spiro atoms. The van der Waals surface area contributed by atoms with Crippen LogP contribution in [0.25, 0.3) is 0 Å². The van der Waals surface area contributed by atoms with E-state index in [-0.39, 0.29) is 12.4 Å². The second-order valence-electron chi connectivity index (χ2n) is 5.08. The van der Waals surface area contributed by atoms with Crippen LogP contribution in [0, 0.1) is 6.92 Å². The maximum Gasteiger partial charge on any atom is 0.0382 e. The zero-order valence-corrected chi connectivity index (χ0v) is 12.7. The number of rotatable bonds is 4. The minimum Gasteiger partial charge on any atom is -0.302 e. The van der Waals surface area contributed by atoms with Gasteiger partial charge in [-0.1, -0.05) is 60.2 Å². The van der Waals surface area contributed by atoms with Crippen LogP contribution in [0.2, 0.25) is 0 Å². The molecule has 0 aliphatic heterocycles. The minimum atomic E-state index is 0. The topological polar surface area (TPSA) is 3.24 Å². The SMILES string of the molecule is Cc1ccc(C(Cc2ccccc2)N(C)C)cc1.Cl. The molecule has 1 unspecified atom stereocenters. The van der Waals surface area contributed by atoms with Gasteiger partial charge in [-0.15, -0.1) is 12.4 Å². The summed E-state index contributed by atoms with van der Waals surface area (Å²) >= 11 is 0. The molecule has 2 aromatic rings. The van der Waals surface area contributed by atoms with Crippen LogP contribution in [0.3, 0.4) is 0 Å². The summed E-state index contributed by atoms with van der Waals surface area (Å²) in [4.78, 5) is 2.29. The molecule has 0 heterocycles. The van der Waals surface area contributed by atoms with Gasteiger partial charge in [0.25, 0.3) is 0 Å². The molecule has 0 radical (unpaired) electrons. The highest BCUT2D eigenvalue weighted by Gasteiger charge is 2.14. The second kappa shape index (κ2) is 7.32. The lowest BCUT2D eigenvalue weighted by molar-refractivity contribution is 0.297. The Balaban J connectivity index is 0.00000180. The quantitative estimate of drug-likeness (QED) is 0.806. The molecule has 2 aromatic carbocycles. The summed E-state index contributed by atoms with van der Waals surface area (Å²) in [6.45, 7) is 2.13. The van der Waals surface area contributed by atoms with Gasteiger partial charge >= 0.3 is 0 Å². The van der Waals surface area contributed by atoms with E-state index in [0.717, 1.165) is 6.42 Å². The van der Waals surface area contributed by atoms with E-state index in [0.29, 0.717) is 6.04 Å². The lowest BCUT2D eigenvalue weighted by Crippen LogP contribution is -2.22. The van der Waals surface area contributed by atoms with Gasteiger partial charge in [-0.2, -0.15) is 0 Å². The number of hydrogen-bond acceptors (Lipinski definition) is 1. The zero-order chi connectivity index (χ0) is 13.0. The molecular formula is C17H22ClN. The summed E-state index contributed by atoms with van der Waals surface area (Å²) in [7, 11) is 4.29. The van der Waals surface area contributed by atoms with Gasteiger partial charge in [-0.05, 0) is 38.6 Å². The van der Waals surface area contributed by atoms with Crippen LogP contribution in [0.1, 0.15) is 22.7 Å². The number of hydrogen-bond donors (Lipinski definition) is 0. The molecule has 2 heteroatoms. The van der Waals surface area contributed by atoms with Gasteiger partial charge in [-0.3, -0.25) is 0 Å². The van der Waals surface area contributed by atoms with Crippen LogP contribution >= 0.6 is 12.4 Å². The van der Waals surface area contributed by atoms with Gasteiger partial charge in [0, 0.05) is 6.04 Å². The monoisotopic (exact) mass is 275 g/mol. The Morgan fingerprint density at radius 1 is 0.895 bits per heavy atom. The molecule has 19 heavy (non-hydrogen) atoms. The van der Waals surface area contributed by atoms with Crippen LogP contribution in [-0.4, -0.2) is 19.0 Å². The molecule has 1 nitrogen and oxygen atoms in total. The minimum absolute atomic E-state index is 0. The van der Waals surface area contributed by atoms with Gasteiger partial charge in [0.1, 0.15) is 0 Å². The lowest BCUT2D eigenvalue weighted by atomic mass is 9.97. The number of benzene rings is 2. The van der Waals surface area contributed by atoms with Crippen molar-refractivity contribution in [2.75, 3.05) is 14.1 Å². The Labute approximate surface area is 122 Å². The Morgan fingerprint density at radius 3 is 2.00 bits per heavy atom. The zero-order valence-electron chi connectivity index (χ0n) is 11.8. The molecule has 0 fully saturated rings. The molecule has 0 aliphatic carbocycles. The van der Waals surface area contributed by atoms with E-state index in [1.165, 1.54) is 16.7 Å². The van der Waals surface area contributed by atoms with Crippen LogP contribution in [0.15, 0.2) is 54.6 Å². The van der Waals surface area contributed by atoms with Crippen molar-refractivity contribution in [1.29, 1.82) is 0 Å². The lowest BCUT2D eigenvalue weighted by Gasteiger charge is -2.25. The van der Waals surface area contributed by atoms with Crippen LogP contribution in [0.4, 0.5) is 0 Å². The molecule has 0 saturated carbocycles. The fourth-order valence-corrected chi connectivity index (χ4v) is 2.22.